The molecule has 0 aromatic carbocycles. The van der Waals surface area contributed by atoms with Crippen molar-refractivity contribution in [3.05, 3.63) is 0 Å². The summed E-state index contributed by atoms with van der Waals surface area (Å²) >= 11 is 0. The molecule has 0 fully saturated rings. The van der Waals surface area contributed by atoms with E-state index in [-0.39, 0.29) is 5.54 Å². The third kappa shape index (κ3) is 4.39. The second-order valence-corrected chi connectivity index (χ2v) is 2.52. The molecule has 0 saturated heterocycles. The zero-order valence-electron chi connectivity index (χ0n) is 6.31. The minimum Gasteiger partial charge on any atom is -0.383 e. The molecule has 2 N–H and O–H groups in total. The van der Waals surface area contributed by atoms with E-state index in [9.17, 15) is 0 Å². The number of hydrogen-bond acceptors (Lipinski definition) is 3. The van der Waals surface area contributed by atoms with Crippen molar-refractivity contribution in [2.45, 2.75) is 12.5 Å². The SMILES string of the molecule is COCC(C)(N)COC. The van der Waals surface area contributed by atoms with Gasteiger partial charge >= 0.3 is 0 Å². The number of ether oxygens (including phenoxy) is 2. The van der Waals surface area contributed by atoms with Crippen molar-refractivity contribution >= 4 is 0 Å². The lowest BCUT2D eigenvalue weighted by atomic mass is 10.1. The quantitative estimate of drug-likeness (QED) is 0.587. The first kappa shape index (κ1) is 8.88. The van der Waals surface area contributed by atoms with Gasteiger partial charge in [-0.05, 0) is 6.92 Å². The molecule has 0 atom stereocenters. The van der Waals surface area contributed by atoms with E-state index in [0.717, 1.165) is 0 Å². The van der Waals surface area contributed by atoms with Crippen LogP contribution in [-0.4, -0.2) is 33.0 Å². The molecule has 0 radical (unpaired) electrons. The Bertz CT molecular complexity index is 65.5. The summed E-state index contributed by atoms with van der Waals surface area (Å²) < 4.78 is 9.71. The second kappa shape index (κ2) is 3.82. The number of methoxy groups -OCH3 is 2. The Morgan fingerprint density at radius 1 is 1.22 bits per heavy atom. The molecule has 3 heteroatoms. The molecule has 0 spiro atoms. The zero-order valence-corrected chi connectivity index (χ0v) is 6.31. The summed E-state index contributed by atoms with van der Waals surface area (Å²) in [5, 5.41) is 0. The molecule has 0 aromatic rings. The van der Waals surface area contributed by atoms with Crippen LogP contribution in [0.3, 0.4) is 0 Å². The van der Waals surface area contributed by atoms with Crippen molar-refractivity contribution in [2.24, 2.45) is 5.73 Å². The molecule has 0 aromatic heterocycles. The summed E-state index contributed by atoms with van der Waals surface area (Å²) in [4.78, 5) is 0. The predicted octanol–water partition coefficient (Wildman–Crippen LogP) is -0.00340. The van der Waals surface area contributed by atoms with Crippen molar-refractivity contribution in [1.29, 1.82) is 0 Å². The van der Waals surface area contributed by atoms with Gasteiger partial charge in [0, 0.05) is 14.2 Å². The predicted molar refractivity (Wildman–Crippen MR) is 36.3 cm³/mol. The maximum absolute atomic E-state index is 5.69. The summed E-state index contributed by atoms with van der Waals surface area (Å²) in [6, 6.07) is 0. The van der Waals surface area contributed by atoms with E-state index < -0.39 is 0 Å². The van der Waals surface area contributed by atoms with Gasteiger partial charge in [-0.2, -0.15) is 0 Å². The fourth-order valence-corrected chi connectivity index (χ4v) is 0.701. The largest absolute Gasteiger partial charge is 0.383 e. The van der Waals surface area contributed by atoms with Gasteiger partial charge in [-0.1, -0.05) is 0 Å². The fourth-order valence-electron chi connectivity index (χ4n) is 0.701. The number of hydrogen-bond donors (Lipinski definition) is 1. The zero-order chi connectivity index (χ0) is 7.33. The van der Waals surface area contributed by atoms with Gasteiger partial charge < -0.3 is 15.2 Å². The van der Waals surface area contributed by atoms with E-state index >= 15 is 0 Å². The molecule has 0 saturated carbocycles. The average Bonchev–Trinajstić information content (AvgIpc) is 1.64. The van der Waals surface area contributed by atoms with Crippen LogP contribution in [0.25, 0.3) is 0 Å². The molecule has 0 bridgehead atoms. The standard InChI is InChI=1S/C6H15NO2/c1-6(7,4-8-2)5-9-3/h4-5,7H2,1-3H3. The van der Waals surface area contributed by atoms with E-state index in [1.54, 1.807) is 14.2 Å². The van der Waals surface area contributed by atoms with Gasteiger partial charge in [0.15, 0.2) is 0 Å². The molecule has 9 heavy (non-hydrogen) atoms. The summed E-state index contributed by atoms with van der Waals surface area (Å²) in [6.07, 6.45) is 0. The first-order chi connectivity index (χ1) is 4.12. The van der Waals surface area contributed by atoms with Crippen molar-refractivity contribution < 1.29 is 9.47 Å². The molecule has 0 aliphatic heterocycles. The van der Waals surface area contributed by atoms with Gasteiger partial charge in [0.2, 0.25) is 0 Å². The number of rotatable bonds is 4. The summed E-state index contributed by atoms with van der Waals surface area (Å²) in [5.41, 5.74) is 5.34. The van der Waals surface area contributed by atoms with E-state index in [2.05, 4.69) is 0 Å². The van der Waals surface area contributed by atoms with Gasteiger partial charge in [-0.25, -0.2) is 0 Å². The van der Waals surface area contributed by atoms with Crippen LogP contribution in [0.2, 0.25) is 0 Å². The van der Waals surface area contributed by atoms with E-state index in [4.69, 9.17) is 15.2 Å². The molecule has 0 aliphatic rings. The normalized spacial score (nSPS) is 12.0. The van der Waals surface area contributed by atoms with Crippen LogP contribution in [0.15, 0.2) is 0 Å². The van der Waals surface area contributed by atoms with Gasteiger partial charge in [-0.3, -0.25) is 0 Å². The van der Waals surface area contributed by atoms with Crippen molar-refractivity contribution in [2.75, 3.05) is 27.4 Å². The van der Waals surface area contributed by atoms with Crippen molar-refractivity contribution in [3.63, 3.8) is 0 Å². The van der Waals surface area contributed by atoms with Gasteiger partial charge in [0.25, 0.3) is 0 Å². The Balaban J connectivity index is 3.43. The molecule has 3 nitrogen and oxygen atoms in total. The second-order valence-electron chi connectivity index (χ2n) is 2.52. The van der Waals surface area contributed by atoms with E-state index in [0.29, 0.717) is 13.2 Å². The summed E-state index contributed by atoms with van der Waals surface area (Å²) in [7, 11) is 3.25. The smallest absolute Gasteiger partial charge is 0.0662 e. The average molecular weight is 133 g/mol. The number of nitrogens with two attached hydrogens (primary N) is 1. The van der Waals surface area contributed by atoms with Crippen LogP contribution in [0.4, 0.5) is 0 Å². The van der Waals surface area contributed by atoms with Crippen LogP contribution in [0.1, 0.15) is 6.92 Å². The molecule has 56 valence electrons. The highest BCUT2D eigenvalue weighted by molar-refractivity contribution is 4.76. The monoisotopic (exact) mass is 133 g/mol. The van der Waals surface area contributed by atoms with Gasteiger partial charge in [0.1, 0.15) is 0 Å². The van der Waals surface area contributed by atoms with Crippen molar-refractivity contribution in [1.82, 2.24) is 0 Å². The topological polar surface area (TPSA) is 44.5 Å². The van der Waals surface area contributed by atoms with Crippen LogP contribution >= 0.6 is 0 Å². The fraction of sp³-hybridized carbons (Fsp3) is 1.00. The first-order valence-corrected chi connectivity index (χ1v) is 2.89. The minimum absolute atomic E-state index is 0.344. The van der Waals surface area contributed by atoms with Crippen LogP contribution in [0.5, 0.6) is 0 Å². The molecule has 0 heterocycles. The molecule has 0 unspecified atom stereocenters. The van der Waals surface area contributed by atoms with E-state index in [1.807, 2.05) is 6.92 Å². The highest BCUT2D eigenvalue weighted by atomic mass is 16.5. The molecular weight excluding hydrogens is 118 g/mol. The molecule has 0 rings (SSSR count). The van der Waals surface area contributed by atoms with Crippen LogP contribution in [-0.2, 0) is 9.47 Å². The van der Waals surface area contributed by atoms with Gasteiger partial charge in [0.05, 0.1) is 18.8 Å². The third-order valence-electron chi connectivity index (χ3n) is 0.948. The van der Waals surface area contributed by atoms with Gasteiger partial charge in [-0.15, -0.1) is 0 Å². The Kier molecular flexibility index (Phi) is 3.77. The molecule has 0 aliphatic carbocycles. The van der Waals surface area contributed by atoms with Crippen molar-refractivity contribution in [3.8, 4) is 0 Å². The lowest BCUT2D eigenvalue weighted by Crippen LogP contribution is -2.45. The summed E-state index contributed by atoms with van der Waals surface area (Å²) in [5.74, 6) is 0. The third-order valence-corrected chi connectivity index (χ3v) is 0.948. The Hall–Kier alpha value is -0.120. The lowest BCUT2D eigenvalue weighted by molar-refractivity contribution is 0.0732. The van der Waals surface area contributed by atoms with Crippen LogP contribution in [0, 0.1) is 0 Å². The highest BCUT2D eigenvalue weighted by Crippen LogP contribution is 1.98. The van der Waals surface area contributed by atoms with E-state index in [1.165, 1.54) is 0 Å². The lowest BCUT2D eigenvalue weighted by Gasteiger charge is -2.21. The first-order valence-electron chi connectivity index (χ1n) is 2.89. The molecule has 0 amide bonds. The Labute approximate surface area is 56.1 Å². The Morgan fingerprint density at radius 2 is 1.56 bits per heavy atom. The Morgan fingerprint density at radius 3 is 1.78 bits per heavy atom. The molecular formula is C6H15NO2. The van der Waals surface area contributed by atoms with Crippen LogP contribution < -0.4 is 5.73 Å². The summed E-state index contributed by atoms with van der Waals surface area (Å²) in [6.45, 7) is 2.95. The maximum Gasteiger partial charge on any atom is 0.0662 e. The maximum atomic E-state index is 5.69. The minimum atomic E-state index is -0.344. The highest BCUT2D eigenvalue weighted by Gasteiger charge is 2.16.